The van der Waals surface area contributed by atoms with E-state index in [1.54, 1.807) is 0 Å². The first-order chi connectivity index (χ1) is 13.8. The van der Waals surface area contributed by atoms with Crippen molar-refractivity contribution in [3.05, 3.63) is 18.4 Å². The summed E-state index contributed by atoms with van der Waals surface area (Å²) in [7, 11) is 0. The largest absolute Gasteiger partial charge is 0.460 e. The van der Waals surface area contributed by atoms with Gasteiger partial charge < -0.3 is 4.74 Å². The molecule has 0 aromatic carbocycles. The van der Waals surface area contributed by atoms with Gasteiger partial charge in [-0.05, 0) is 6.08 Å². The summed E-state index contributed by atoms with van der Waals surface area (Å²) >= 11 is 0. The summed E-state index contributed by atoms with van der Waals surface area (Å²) in [6, 6.07) is 0. The Labute approximate surface area is 166 Å². The highest BCUT2D eigenvalue weighted by Crippen LogP contribution is 2.64. The van der Waals surface area contributed by atoms with Crippen LogP contribution in [-0.4, -0.2) is 60.8 Å². The molecular weight excluding hydrogens is 507 g/mol. The van der Waals surface area contributed by atoms with Gasteiger partial charge in [0.2, 0.25) is 0 Å². The van der Waals surface area contributed by atoms with Crippen LogP contribution < -0.4 is 0 Å². The standard InChI is InChI=1S/C14H9F17O/c1-2-3-5-32-6-4-7(15,16)8(17,18)9(19,20)10(21,22)11(23,24)12(25,26)13(27,28)14(29,30)31/h3H,1,4-6H2. The van der Waals surface area contributed by atoms with E-state index in [0.717, 1.165) is 6.08 Å². The number of alkyl halides is 17. The van der Waals surface area contributed by atoms with Gasteiger partial charge in [0.1, 0.15) is 0 Å². The summed E-state index contributed by atoms with van der Waals surface area (Å²) in [5.41, 5.74) is 1.94. The quantitative estimate of drug-likeness (QED) is 0.168. The minimum absolute atomic E-state index is 0.728. The lowest BCUT2D eigenvalue weighted by atomic mass is 9.88. The molecule has 32 heavy (non-hydrogen) atoms. The van der Waals surface area contributed by atoms with E-state index in [2.05, 4.69) is 11.3 Å². The van der Waals surface area contributed by atoms with Crippen molar-refractivity contribution >= 4 is 0 Å². The van der Waals surface area contributed by atoms with Gasteiger partial charge >= 0.3 is 47.6 Å². The fraction of sp³-hybridized carbons (Fsp3) is 0.786. The number of hydrogen-bond donors (Lipinski definition) is 0. The van der Waals surface area contributed by atoms with Gasteiger partial charge in [-0.25, -0.2) is 0 Å². The van der Waals surface area contributed by atoms with Crippen molar-refractivity contribution in [2.45, 2.75) is 54.1 Å². The Bertz CT molecular complexity index is 699. The summed E-state index contributed by atoms with van der Waals surface area (Å²) in [5, 5.41) is 0. The van der Waals surface area contributed by atoms with E-state index in [-0.39, 0.29) is 0 Å². The molecule has 0 heterocycles. The van der Waals surface area contributed by atoms with Gasteiger partial charge in [-0.2, -0.15) is 74.6 Å². The van der Waals surface area contributed by atoms with E-state index in [1.165, 1.54) is 0 Å². The topological polar surface area (TPSA) is 9.23 Å². The van der Waals surface area contributed by atoms with Gasteiger partial charge in [-0.1, -0.05) is 6.58 Å². The second-order valence-corrected chi connectivity index (χ2v) is 5.88. The van der Waals surface area contributed by atoms with E-state index in [1.807, 2.05) is 5.73 Å². The normalized spacial score (nSPS) is 15.5. The third-order valence-corrected chi connectivity index (χ3v) is 3.69. The molecule has 0 rings (SSSR count). The second-order valence-electron chi connectivity index (χ2n) is 5.88. The molecule has 0 N–H and O–H groups in total. The molecule has 0 aromatic heterocycles. The van der Waals surface area contributed by atoms with Crippen LogP contribution >= 0.6 is 0 Å². The third-order valence-electron chi connectivity index (χ3n) is 3.69. The van der Waals surface area contributed by atoms with Gasteiger partial charge in [-0.3, -0.25) is 0 Å². The van der Waals surface area contributed by atoms with Crippen molar-refractivity contribution in [2.75, 3.05) is 13.2 Å². The first-order valence-corrected chi connectivity index (χ1v) is 7.44. The SMILES string of the molecule is C=C=CCOCCC(F)(F)C(F)(F)C(F)(F)C(F)(F)C(F)(F)C(F)(F)C(F)(F)C(F)(F)F. The molecule has 0 bridgehead atoms. The Morgan fingerprint density at radius 1 is 0.562 bits per heavy atom. The maximum absolute atomic E-state index is 13.4. The molecule has 0 aliphatic carbocycles. The molecule has 0 saturated carbocycles. The molecule has 18 heteroatoms. The van der Waals surface area contributed by atoms with Crippen LogP contribution in [0.15, 0.2) is 18.4 Å². The van der Waals surface area contributed by atoms with Gasteiger partial charge in [0.15, 0.2) is 0 Å². The van der Waals surface area contributed by atoms with E-state index in [4.69, 9.17) is 0 Å². The number of rotatable bonds is 11. The van der Waals surface area contributed by atoms with Crippen molar-refractivity contribution in [1.29, 1.82) is 0 Å². The van der Waals surface area contributed by atoms with Crippen LogP contribution in [0.25, 0.3) is 0 Å². The summed E-state index contributed by atoms with van der Waals surface area (Å²) in [6.07, 6.45) is -9.59. The zero-order valence-electron chi connectivity index (χ0n) is 14.7. The maximum Gasteiger partial charge on any atom is 0.460 e. The van der Waals surface area contributed by atoms with Crippen molar-refractivity contribution in [3.8, 4) is 0 Å². The number of halogens is 17. The lowest BCUT2D eigenvalue weighted by Gasteiger charge is -2.42. The van der Waals surface area contributed by atoms with Crippen LogP contribution in [0.1, 0.15) is 6.42 Å². The summed E-state index contributed by atoms with van der Waals surface area (Å²) in [6.45, 7) is 0.534. The molecule has 190 valence electrons. The van der Waals surface area contributed by atoms with Gasteiger partial charge in [0, 0.05) is 6.42 Å². The molecule has 0 spiro atoms. The lowest BCUT2D eigenvalue weighted by Crippen LogP contribution is -2.74. The molecule has 0 aromatic rings. The molecule has 0 aliphatic heterocycles. The first-order valence-electron chi connectivity index (χ1n) is 7.44. The molecule has 1 nitrogen and oxygen atoms in total. The maximum atomic E-state index is 13.4. The van der Waals surface area contributed by atoms with E-state index < -0.39 is 67.3 Å². The Balaban J connectivity index is 6.32. The van der Waals surface area contributed by atoms with Gasteiger partial charge in [0.25, 0.3) is 0 Å². The molecule has 0 atom stereocenters. The Kier molecular flexibility index (Phi) is 8.12. The molecule has 0 fully saturated rings. The Morgan fingerprint density at radius 2 is 0.906 bits per heavy atom. The molecule has 0 amide bonds. The van der Waals surface area contributed by atoms with Crippen LogP contribution in [0.5, 0.6) is 0 Å². The van der Waals surface area contributed by atoms with Crippen LogP contribution in [-0.2, 0) is 4.74 Å². The number of hydrogen-bond acceptors (Lipinski definition) is 1. The summed E-state index contributed by atoms with van der Waals surface area (Å²) in [5.74, 6) is -56.2. The van der Waals surface area contributed by atoms with Crippen LogP contribution in [0, 0.1) is 0 Å². The highest BCUT2D eigenvalue weighted by Gasteiger charge is 2.95. The lowest BCUT2D eigenvalue weighted by molar-refractivity contribution is -0.462. The average Bonchev–Trinajstić information content (AvgIpc) is 2.59. The van der Waals surface area contributed by atoms with E-state index >= 15 is 0 Å². The second kappa shape index (κ2) is 8.57. The zero-order valence-corrected chi connectivity index (χ0v) is 14.7. The predicted octanol–water partition coefficient (Wildman–Crippen LogP) is 6.74. The number of ether oxygens (including phenoxy) is 1. The van der Waals surface area contributed by atoms with E-state index in [9.17, 15) is 74.6 Å². The van der Waals surface area contributed by atoms with Crippen LogP contribution in [0.3, 0.4) is 0 Å². The molecular formula is C14H9F17O. The smallest absolute Gasteiger partial charge is 0.377 e. The minimum atomic E-state index is -8.62. The predicted molar refractivity (Wildman–Crippen MR) is 69.8 cm³/mol. The fourth-order valence-corrected chi connectivity index (χ4v) is 1.75. The van der Waals surface area contributed by atoms with Crippen molar-refractivity contribution in [3.63, 3.8) is 0 Å². The highest BCUT2D eigenvalue weighted by molar-refractivity contribution is 5.15. The molecule has 0 aliphatic rings. The third kappa shape index (κ3) is 4.39. The van der Waals surface area contributed by atoms with Crippen LogP contribution in [0.2, 0.25) is 0 Å². The van der Waals surface area contributed by atoms with Crippen LogP contribution in [0.4, 0.5) is 74.6 Å². The molecule has 0 unspecified atom stereocenters. The Hall–Kier alpha value is -1.71. The highest BCUT2D eigenvalue weighted by atomic mass is 19.4. The Morgan fingerprint density at radius 3 is 1.25 bits per heavy atom. The zero-order chi connectivity index (χ0) is 26.2. The molecule has 0 saturated heterocycles. The monoisotopic (exact) mass is 516 g/mol. The van der Waals surface area contributed by atoms with Gasteiger partial charge in [0.05, 0.1) is 13.2 Å². The minimum Gasteiger partial charge on any atom is -0.377 e. The molecule has 0 radical (unpaired) electrons. The average molecular weight is 516 g/mol. The summed E-state index contributed by atoms with van der Waals surface area (Å²) in [4.78, 5) is 0. The van der Waals surface area contributed by atoms with Gasteiger partial charge in [-0.15, -0.1) is 5.73 Å². The fourth-order valence-electron chi connectivity index (χ4n) is 1.75. The summed E-state index contributed by atoms with van der Waals surface area (Å²) < 4.78 is 225. The van der Waals surface area contributed by atoms with Crippen molar-refractivity contribution < 1.29 is 79.4 Å². The first kappa shape index (κ1) is 30.3. The van der Waals surface area contributed by atoms with E-state index in [0.29, 0.717) is 0 Å². The van der Waals surface area contributed by atoms with Crippen molar-refractivity contribution in [1.82, 2.24) is 0 Å². The van der Waals surface area contributed by atoms with Crippen molar-refractivity contribution in [2.24, 2.45) is 0 Å².